The van der Waals surface area contributed by atoms with Gasteiger partial charge in [-0.15, -0.1) is 0 Å². The van der Waals surface area contributed by atoms with E-state index >= 15 is 0 Å². The summed E-state index contributed by atoms with van der Waals surface area (Å²) in [7, 11) is 0. The van der Waals surface area contributed by atoms with Gasteiger partial charge >= 0.3 is 5.97 Å². The third kappa shape index (κ3) is 31.4. The van der Waals surface area contributed by atoms with E-state index in [2.05, 4.69) is 32.9 Å². The van der Waals surface area contributed by atoms with E-state index < -0.39 is 0 Å². The third-order valence-electron chi connectivity index (χ3n) is 8.19. The molecule has 2 heteroatoms. The molecule has 0 heterocycles. The fraction of sp³-hybridized carbons (Fsp3) is 0.917. The second kappa shape index (κ2) is 32.4. The Morgan fingerprint density at radius 3 is 1.47 bits per heavy atom. The van der Waals surface area contributed by atoms with Gasteiger partial charge in [-0.2, -0.15) is 0 Å². The molecule has 2 nitrogen and oxygen atoms in total. The lowest BCUT2D eigenvalue weighted by Gasteiger charge is -2.07. The van der Waals surface area contributed by atoms with Crippen molar-refractivity contribution in [3.8, 4) is 0 Å². The van der Waals surface area contributed by atoms with Crippen LogP contribution >= 0.6 is 0 Å². The van der Waals surface area contributed by atoms with Crippen molar-refractivity contribution in [2.45, 2.75) is 201 Å². The molecule has 0 rings (SSSR count). The van der Waals surface area contributed by atoms with Crippen LogP contribution in [0, 0.1) is 5.92 Å². The summed E-state index contributed by atoms with van der Waals surface area (Å²) < 4.78 is 5.42. The molecular weight excluding hydrogens is 464 g/mol. The zero-order valence-corrected chi connectivity index (χ0v) is 26.6. The van der Waals surface area contributed by atoms with E-state index in [1.165, 1.54) is 154 Å². The second-order valence-corrected chi connectivity index (χ2v) is 12.1. The van der Waals surface area contributed by atoms with Gasteiger partial charge in [0.1, 0.15) is 0 Å². The topological polar surface area (TPSA) is 26.3 Å². The molecule has 0 radical (unpaired) electrons. The van der Waals surface area contributed by atoms with E-state index in [0.29, 0.717) is 13.0 Å². The average molecular weight is 535 g/mol. The smallest absolute Gasteiger partial charge is 0.305 e. The Morgan fingerprint density at radius 1 is 0.553 bits per heavy atom. The number of carbonyl (C=O) groups excluding carboxylic acids is 1. The third-order valence-corrected chi connectivity index (χ3v) is 8.19. The maximum absolute atomic E-state index is 11.9. The molecule has 38 heavy (non-hydrogen) atoms. The Kier molecular flexibility index (Phi) is 31.7. The molecule has 226 valence electrons. The molecule has 0 saturated carbocycles. The van der Waals surface area contributed by atoms with Crippen molar-refractivity contribution in [1.29, 1.82) is 0 Å². The minimum Gasteiger partial charge on any atom is -0.466 e. The number of allylic oxidation sites excluding steroid dienone is 2. The highest BCUT2D eigenvalue weighted by molar-refractivity contribution is 5.69. The maximum Gasteiger partial charge on any atom is 0.305 e. The fourth-order valence-electron chi connectivity index (χ4n) is 5.15. The van der Waals surface area contributed by atoms with Crippen LogP contribution < -0.4 is 0 Å². The van der Waals surface area contributed by atoms with Crippen LogP contribution in [0.3, 0.4) is 0 Å². The molecular formula is C36H70O2. The predicted molar refractivity (Wildman–Crippen MR) is 170 cm³/mol. The first kappa shape index (κ1) is 37.2. The molecule has 0 bridgehead atoms. The lowest BCUT2D eigenvalue weighted by atomic mass is 9.99. The molecule has 0 amide bonds. The van der Waals surface area contributed by atoms with Gasteiger partial charge in [0.15, 0.2) is 0 Å². The quantitative estimate of drug-likeness (QED) is 0.0502. The summed E-state index contributed by atoms with van der Waals surface area (Å²) in [4.78, 5) is 11.9. The van der Waals surface area contributed by atoms with Gasteiger partial charge in [0, 0.05) is 6.42 Å². The lowest BCUT2D eigenvalue weighted by Crippen LogP contribution is -2.05. The van der Waals surface area contributed by atoms with Gasteiger partial charge in [-0.3, -0.25) is 4.79 Å². The second-order valence-electron chi connectivity index (χ2n) is 12.1. The Bertz CT molecular complexity index is 484. The highest BCUT2D eigenvalue weighted by Gasteiger charge is 2.03. The Morgan fingerprint density at radius 2 is 0.974 bits per heavy atom. The van der Waals surface area contributed by atoms with Crippen LogP contribution in [0.25, 0.3) is 0 Å². The molecule has 0 spiro atoms. The van der Waals surface area contributed by atoms with Crippen LogP contribution in [-0.2, 0) is 9.53 Å². The molecule has 0 aromatic carbocycles. The van der Waals surface area contributed by atoms with Crippen LogP contribution in [0.4, 0.5) is 0 Å². The normalized spacial score (nSPS) is 12.4. The predicted octanol–water partition coefficient (Wildman–Crippen LogP) is 12.7. The zero-order valence-electron chi connectivity index (χ0n) is 26.6. The molecule has 0 aromatic heterocycles. The van der Waals surface area contributed by atoms with E-state index in [1.807, 2.05) is 0 Å². The van der Waals surface area contributed by atoms with Crippen molar-refractivity contribution in [1.82, 2.24) is 0 Å². The highest BCUT2D eigenvalue weighted by atomic mass is 16.5. The monoisotopic (exact) mass is 535 g/mol. The number of hydrogen-bond acceptors (Lipinski definition) is 2. The summed E-state index contributed by atoms with van der Waals surface area (Å²) in [6.07, 6.45) is 41.2. The zero-order chi connectivity index (χ0) is 27.8. The van der Waals surface area contributed by atoms with Crippen molar-refractivity contribution in [3.05, 3.63) is 12.2 Å². The van der Waals surface area contributed by atoms with Crippen LogP contribution in [0.15, 0.2) is 12.2 Å². The molecule has 0 saturated heterocycles. The van der Waals surface area contributed by atoms with Gasteiger partial charge in [-0.05, 0) is 38.0 Å². The van der Waals surface area contributed by atoms with Crippen LogP contribution in [0.5, 0.6) is 0 Å². The molecule has 0 fully saturated rings. The SMILES string of the molecule is CCCCC=CCCCCCCCC(=O)OCCCCCCCCCCCCCCCCCCC(C)CC. The number of esters is 1. The molecule has 0 aliphatic rings. The number of unbranched alkanes of at least 4 members (excludes halogenated alkanes) is 22. The molecule has 0 N–H and O–H groups in total. The Balaban J connectivity index is 3.17. The first-order valence-corrected chi connectivity index (χ1v) is 17.5. The van der Waals surface area contributed by atoms with Crippen LogP contribution in [-0.4, -0.2) is 12.6 Å². The van der Waals surface area contributed by atoms with Crippen molar-refractivity contribution in [3.63, 3.8) is 0 Å². The number of hydrogen-bond donors (Lipinski definition) is 0. The van der Waals surface area contributed by atoms with E-state index in [9.17, 15) is 4.79 Å². The molecule has 0 aliphatic heterocycles. The summed E-state index contributed by atoms with van der Waals surface area (Å²) in [5.41, 5.74) is 0. The van der Waals surface area contributed by atoms with Gasteiger partial charge < -0.3 is 4.74 Å². The average Bonchev–Trinajstić information content (AvgIpc) is 2.92. The summed E-state index contributed by atoms with van der Waals surface area (Å²) in [6.45, 7) is 7.57. The summed E-state index contributed by atoms with van der Waals surface area (Å²) >= 11 is 0. The van der Waals surface area contributed by atoms with Crippen LogP contribution in [0.1, 0.15) is 201 Å². The van der Waals surface area contributed by atoms with Gasteiger partial charge in [0.25, 0.3) is 0 Å². The van der Waals surface area contributed by atoms with Gasteiger partial charge in [-0.25, -0.2) is 0 Å². The minimum absolute atomic E-state index is 0.0148. The molecule has 0 aromatic rings. The summed E-state index contributed by atoms with van der Waals surface area (Å²) in [5.74, 6) is 0.944. The van der Waals surface area contributed by atoms with Gasteiger partial charge in [-0.1, -0.05) is 174 Å². The van der Waals surface area contributed by atoms with E-state index in [0.717, 1.165) is 25.2 Å². The number of rotatable bonds is 31. The van der Waals surface area contributed by atoms with Gasteiger partial charge in [0.2, 0.25) is 0 Å². The first-order chi connectivity index (χ1) is 18.7. The van der Waals surface area contributed by atoms with E-state index in [4.69, 9.17) is 4.74 Å². The largest absolute Gasteiger partial charge is 0.466 e. The van der Waals surface area contributed by atoms with Crippen molar-refractivity contribution >= 4 is 5.97 Å². The highest BCUT2D eigenvalue weighted by Crippen LogP contribution is 2.16. The van der Waals surface area contributed by atoms with Gasteiger partial charge in [0.05, 0.1) is 6.61 Å². The fourth-order valence-corrected chi connectivity index (χ4v) is 5.15. The number of carbonyl (C=O) groups is 1. The summed E-state index contributed by atoms with van der Waals surface area (Å²) in [6, 6.07) is 0. The number of ether oxygens (including phenoxy) is 1. The van der Waals surface area contributed by atoms with Crippen molar-refractivity contribution < 1.29 is 9.53 Å². The van der Waals surface area contributed by atoms with Crippen molar-refractivity contribution in [2.24, 2.45) is 5.92 Å². The standard InChI is InChI=1S/C36H70O2/c1-4-6-7-8-9-10-17-21-24-27-30-33-36(37)38-34-31-28-25-22-19-16-14-12-11-13-15-18-20-23-26-29-32-35(3)5-2/h8-9,35H,4-7,10-34H2,1-3H3. The molecule has 1 unspecified atom stereocenters. The summed E-state index contributed by atoms with van der Waals surface area (Å²) in [5, 5.41) is 0. The maximum atomic E-state index is 11.9. The minimum atomic E-state index is 0.0148. The Labute approximate surface area is 240 Å². The Hall–Kier alpha value is -0.790. The van der Waals surface area contributed by atoms with Crippen LogP contribution in [0.2, 0.25) is 0 Å². The molecule has 1 atom stereocenters. The van der Waals surface area contributed by atoms with E-state index in [-0.39, 0.29) is 5.97 Å². The lowest BCUT2D eigenvalue weighted by molar-refractivity contribution is -0.143. The van der Waals surface area contributed by atoms with Crippen molar-refractivity contribution in [2.75, 3.05) is 6.61 Å². The molecule has 0 aliphatic carbocycles. The van der Waals surface area contributed by atoms with E-state index in [1.54, 1.807) is 0 Å². The first-order valence-electron chi connectivity index (χ1n) is 17.5.